The molecule has 18 heteroatoms. The molecule has 0 aromatic carbocycles. The average Bonchev–Trinajstić information content (AvgIpc) is 2.89. The molecule has 0 saturated heterocycles. The summed E-state index contributed by atoms with van der Waals surface area (Å²) < 4.78 is 171. The van der Waals surface area contributed by atoms with Crippen LogP contribution >= 0.6 is 0 Å². The van der Waals surface area contributed by atoms with Gasteiger partial charge in [-0.1, -0.05) is 26.7 Å². The minimum atomic E-state index is -4.84. The SMILES string of the molecule is CCCC[N+](C)(CCCC)CC(O)COCCC[Si](CCC(F)(F)F)(CCC(F)(F)F)O[Si](C)(CCC(F)(F)F)CCC(F)(F)F. The van der Waals surface area contributed by atoms with Crippen LogP contribution in [0, 0.1) is 0 Å². The van der Waals surface area contributed by atoms with Gasteiger partial charge in [-0.05, 0) is 56.0 Å². The summed E-state index contributed by atoms with van der Waals surface area (Å²) in [7, 11) is -6.37. The van der Waals surface area contributed by atoms with E-state index in [1.54, 1.807) is 0 Å². The summed E-state index contributed by atoms with van der Waals surface area (Å²) >= 11 is 0. The Balaban J connectivity index is 5.97. The summed E-state index contributed by atoms with van der Waals surface area (Å²) in [5.41, 5.74) is 0. The number of nitrogens with zero attached hydrogens (tertiary/aromatic N) is 1. The number of rotatable bonds is 24. The molecule has 278 valence electrons. The van der Waals surface area contributed by atoms with Crippen molar-refractivity contribution in [1.29, 1.82) is 0 Å². The normalized spacial score (nSPS) is 15.1. The zero-order valence-electron chi connectivity index (χ0n) is 27.3. The molecule has 0 fully saturated rings. The Hall–Kier alpha value is -0.566. The monoisotopic (exact) mass is 734 g/mol. The standard InChI is InChI=1S/C28H52F12NO3Si2/c1-5-7-14-41(3,15-8-6-2)22-24(42)23-43-16-9-17-46(20-12-27(35,36)37,21-13-28(38,39)40)44-45(4,18-10-25(29,30)31)19-11-26(32,33)34/h24,42H,5-23H2,1-4H3/q+1. The number of hydrogen-bond donors (Lipinski definition) is 1. The molecule has 1 N–H and O–H groups in total. The molecule has 0 aromatic heterocycles. The summed E-state index contributed by atoms with van der Waals surface area (Å²) in [5.74, 6) is 0. The van der Waals surface area contributed by atoms with Crippen LogP contribution in [0.5, 0.6) is 0 Å². The van der Waals surface area contributed by atoms with Gasteiger partial charge in [-0.2, -0.15) is 52.7 Å². The van der Waals surface area contributed by atoms with Gasteiger partial charge in [0.2, 0.25) is 0 Å². The molecule has 0 amide bonds. The maximum Gasteiger partial charge on any atom is 0.388 e. The molecule has 0 aliphatic carbocycles. The van der Waals surface area contributed by atoms with Gasteiger partial charge >= 0.3 is 24.7 Å². The van der Waals surface area contributed by atoms with E-state index in [9.17, 15) is 57.8 Å². The van der Waals surface area contributed by atoms with E-state index in [1.165, 1.54) is 0 Å². The molecule has 0 bridgehead atoms. The number of hydrogen-bond acceptors (Lipinski definition) is 3. The first-order valence-electron chi connectivity index (χ1n) is 15.8. The van der Waals surface area contributed by atoms with Crippen LogP contribution in [0.1, 0.15) is 71.6 Å². The maximum absolute atomic E-state index is 13.3. The van der Waals surface area contributed by atoms with E-state index < -0.39 is 97.3 Å². The summed E-state index contributed by atoms with van der Waals surface area (Å²) in [4.78, 5) is 0. The molecule has 0 saturated carbocycles. The Morgan fingerprint density at radius 1 is 0.630 bits per heavy atom. The maximum atomic E-state index is 13.3. The Kier molecular flexibility index (Phi) is 19.3. The van der Waals surface area contributed by atoms with Gasteiger partial charge < -0.3 is 18.4 Å². The molecule has 0 aromatic rings. The van der Waals surface area contributed by atoms with Crippen molar-refractivity contribution in [3.05, 3.63) is 0 Å². The molecule has 0 aliphatic heterocycles. The molecule has 0 radical (unpaired) electrons. The van der Waals surface area contributed by atoms with E-state index in [1.807, 2.05) is 20.9 Å². The zero-order chi connectivity index (χ0) is 35.9. The smallest absolute Gasteiger partial charge is 0.388 e. The third-order valence-electron chi connectivity index (χ3n) is 8.05. The average molecular weight is 735 g/mol. The number of aliphatic hydroxyl groups excluding tert-OH is 1. The van der Waals surface area contributed by atoms with Gasteiger partial charge in [0.15, 0.2) is 16.6 Å². The molecular formula is C28H52F12NO3Si2+. The molecule has 1 atom stereocenters. The molecule has 0 aliphatic rings. The Morgan fingerprint density at radius 3 is 1.39 bits per heavy atom. The van der Waals surface area contributed by atoms with E-state index in [-0.39, 0.29) is 25.7 Å². The second-order valence-electron chi connectivity index (χ2n) is 13.0. The van der Waals surface area contributed by atoms with Gasteiger partial charge in [0.25, 0.3) is 0 Å². The van der Waals surface area contributed by atoms with Crippen molar-refractivity contribution in [2.75, 3.05) is 39.9 Å². The topological polar surface area (TPSA) is 38.7 Å². The van der Waals surface area contributed by atoms with Gasteiger partial charge in [0.05, 0.1) is 26.7 Å². The van der Waals surface area contributed by atoms with Crippen molar-refractivity contribution in [1.82, 2.24) is 0 Å². The number of alkyl halides is 12. The second-order valence-corrected chi connectivity index (χ2v) is 21.6. The van der Waals surface area contributed by atoms with Crippen molar-refractivity contribution in [3.63, 3.8) is 0 Å². The fourth-order valence-electron chi connectivity index (χ4n) is 5.48. The van der Waals surface area contributed by atoms with Crippen molar-refractivity contribution in [2.24, 2.45) is 0 Å². The highest BCUT2D eigenvalue weighted by atomic mass is 28.4. The predicted octanol–water partition coefficient (Wildman–Crippen LogP) is 10.1. The van der Waals surface area contributed by atoms with Crippen molar-refractivity contribution in [2.45, 2.75) is 139 Å². The molecule has 1 unspecified atom stereocenters. The van der Waals surface area contributed by atoms with Crippen LogP contribution in [0.15, 0.2) is 0 Å². The van der Waals surface area contributed by atoms with Crippen LogP contribution in [0.25, 0.3) is 0 Å². The van der Waals surface area contributed by atoms with E-state index >= 15 is 0 Å². The molecular weight excluding hydrogens is 682 g/mol. The molecule has 0 rings (SSSR count). The highest BCUT2D eigenvalue weighted by Gasteiger charge is 2.48. The van der Waals surface area contributed by atoms with Crippen LogP contribution in [0.2, 0.25) is 36.8 Å². The minimum Gasteiger partial charge on any atom is -0.455 e. The fraction of sp³-hybridized carbons (Fsp3) is 1.00. The van der Waals surface area contributed by atoms with Crippen LogP contribution < -0.4 is 0 Å². The number of halogens is 12. The van der Waals surface area contributed by atoms with Crippen LogP contribution in [-0.2, 0) is 8.85 Å². The van der Waals surface area contributed by atoms with Crippen LogP contribution in [-0.4, -0.2) is 96.9 Å². The summed E-state index contributed by atoms with van der Waals surface area (Å²) in [5, 5.41) is 10.6. The first-order chi connectivity index (χ1) is 20.8. The van der Waals surface area contributed by atoms with Gasteiger partial charge in [0.1, 0.15) is 12.6 Å². The lowest BCUT2D eigenvalue weighted by Gasteiger charge is -2.42. The third kappa shape index (κ3) is 23.7. The van der Waals surface area contributed by atoms with Crippen LogP contribution in [0.3, 0.4) is 0 Å². The highest BCUT2D eigenvalue weighted by Crippen LogP contribution is 2.41. The largest absolute Gasteiger partial charge is 0.455 e. The van der Waals surface area contributed by atoms with Gasteiger partial charge in [-0.3, -0.25) is 0 Å². The Morgan fingerprint density at radius 2 is 1.02 bits per heavy atom. The first-order valence-corrected chi connectivity index (χ1v) is 21.2. The van der Waals surface area contributed by atoms with Gasteiger partial charge in [-0.15, -0.1) is 0 Å². The summed E-state index contributed by atoms with van der Waals surface area (Å²) in [6, 6.07) is -4.08. The summed E-state index contributed by atoms with van der Waals surface area (Å²) in [6.45, 7) is 6.77. The molecule has 0 spiro atoms. The van der Waals surface area contributed by atoms with Gasteiger partial charge in [0, 0.05) is 32.3 Å². The molecule has 46 heavy (non-hydrogen) atoms. The lowest BCUT2D eigenvalue weighted by atomic mass is 10.2. The number of likely N-dealkylation sites (N-methyl/N-ethyl adjacent to an activating group) is 1. The Labute approximate surface area is 267 Å². The van der Waals surface area contributed by atoms with Crippen molar-refractivity contribution < 1.29 is 71.1 Å². The lowest BCUT2D eigenvalue weighted by Crippen LogP contribution is -2.52. The number of aliphatic hydroxyl groups is 1. The van der Waals surface area contributed by atoms with Crippen molar-refractivity contribution >= 4 is 16.6 Å². The predicted molar refractivity (Wildman–Crippen MR) is 157 cm³/mol. The third-order valence-corrected chi connectivity index (χ3v) is 18.0. The fourth-order valence-corrected chi connectivity index (χ4v) is 16.6. The minimum absolute atomic E-state index is 0.129. The zero-order valence-corrected chi connectivity index (χ0v) is 29.3. The van der Waals surface area contributed by atoms with E-state index in [4.69, 9.17) is 8.85 Å². The quantitative estimate of drug-likeness (QED) is 0.0465. The van der Waals surface area contributed by atoms with E-state index in [2.05, 4.69) is 0 Å². The molecule has 4 nitrogen and oxygen atoms in total. The number of unbranched alkanes of at least 4 members (excludes halogenated alkanes) is 2. The van der Waals surface area contributed by atoms with Crippen molar-refractivity contribution in [3.8, 4) is 0 Å². The first kappa shape index (κ1) is 45.4. The van der Waals surface area contributed by atoms with E-state index in [0.717, 1.165) is 45.3 Å². The summed E-state index contributed by atoms with van der Waals surface area (Å²) in [6.07, 6.45) is -22.8. The second kappa shape index (κ2) is 19.6. The van der Waals surface area contributed by atoms with Crippen LogP contribution in [0.4, 0.5) is 52.7 Å². The number of ether oxygens (including phenoxy) is 1. The lowest BCUT2D eigenvalue weighted by molar-refractivity contribution is -0.913. The highest BCUT2D eigenvalue weighted by molar-refractivity contribution is 6.86. The number of quaternary nitrogens is 1. The molecule has 0 heterocycles. The Bertz CT molecular complexity index is 780. The van der Waals surface area contributed by atoms with Gasteiger partial charge in [-0.25, -0.2) is 0 Å². The van der Waals surface area contributed by atoms with E-state index in [0.29, 0.717) is 11.0 Å².